The van der Waals surface area contributed by atoms with Gasteiger partial charge in [0.05, 0.1) is 30.7 Å². The molecule has 0 bridgehead atoms. The van der Waals surface area contributed by atoms with E-state index in [1.165, 1.54) is 16.3 Å². The van der Waals surface area contributed by atoms with E-state index >= 15 is 0 Å². The number of nitrogens with zero attached hydrogens (tertiary/aromatic N) is 3. The smallest absolute Gasteiger partial charge is 0.280 e. The second kappa shape index (κ2) is 8.42. The maximum atomic E-state index is 13.3. The first-order valence-corrected chi connectivity index (χ1v) is 10.4. The molecule has 0 radical (unpaired) electrons. The summed E-state index contributed by atoms with van der Waals surface area (Å²) in [5, 5.41) is 8.21. The monoisotopic (exact) mass is 423 g/mol. The topological polar surface area (TPSA) is 64.0 Å². The van der Waals surface area contributed by atoms with Gasteiger partial charge in [-0.25, -0.2) is 4.98 Å². The Hall–Kier alpha value is -3.23. The first-order valence-electron chi connectivity index (χ1n) is 8.68. The van der Waals surface area contributed by atoms with Gasteiger partial charge in [0.2, 0.25) is 5.13 Å². The number of methoxy groups -OCH3 is 2. The quantitative estimate of drug-likeness (QED) is 0.321. The molecule has 0 saturated carbocycles. The van der Waals surface area contributed by atoms with Crippen LogP contribution in [0.3, 0.4) is 0 Å². The highest BCUT2D eigenvalue weighted by atomic mass is 32.1. The third kappa shape index (κ3) is 4.13. The molecule has 0 atom stereocenters. The summed E-state index contributed by atoms with van der Waals surface area (Å²) in [4.78, 5) is 18.8. The van der Waals surface area contributed by atoms with E-state index in [9.17, 15) is 4.79 Å². The van der Waals surface area contributed by atoms with E-state index < -0.39 is 0 Å². The van der Waals surface area contributed by atoms with Gasteiger partial charge in [-0.2, -0.15) is 10.1 Å². The third-order valence-corrected chi connectivity index (χ3v) is 5.92. The van der Waals surface area contributed by atoms with E-state index in [-0.39, 0.29) is 5.91 Å². The number of ether oxygens (including phenoxy) is 2. The molecular formula is C21H17N3O3S2. The van der Waals surface area contributed by atoms with Gasteiger partial charge in [-0.15, -0.1) is 11.3 Å². The van der Waals surface area contributed by atoms with Crippen molar-refractivity contribution in [3.05, 3.63) is 70.4 Å². The number of fused-ring (bicyclic) bond motifs is 1. The first kappa shape index (κ1) is 19.1. The van der Waals surface area contributed by atoms with Gasteiger partial charge >= 0.3 is 0 Å². The summed E-state index contributed by atoms with van der Waals surface area (Å²) in [6.45, 7) is 0. The molecule has 4 rings (SSSR count). The Balaban J connectivity index is 1.76. The standard InChI is InChI=1S/C21H17N3O3S2/c1-26-15-6-3-5-14(11-15)20(25)24(22-13-17-7-4-10-28-17)21-23-18-9-8-16(27-2)12-19(18)29-21/h3-13H,1-2H3/b22-13+. The minimum absolute atomic E-state index is 0.289. The van der Waals surface area contributed by atoms with Crippen LogP contribution in [0.15, 0.2) is 65.1 Å². The fraction of sp³-hybridized carbons (Fsp3) is 0.0952. The van der Waals surface area contributed by atoms with Gasteiger partial charge in [-0.3, -0.25) is 4.79 Å². The molecule has 0 N–H and O–H groups in total. The Morgan fingerprint density at radius 3 is 2.66 bits per heavy atom. The van der Waals surface area contributed by atoms with E-state index in [0.29, 0.717) is 16.4 Å². The van der Waals surface area contributed by atoms with Crippen LogP contribution in [-0.4, -0.2) is 31.3 Å². The molecule has 0 aliphatic rings. The molecule has 29 heavy (non-hydrogen) atoms. The summed E-state index contributed by atoms with van der Waals surface area (Å²) in [6, 6.07) is 16.5. The number of hydrazone groups is 1. The normalized spacial score (nSPS) is 11.1. The van der Waals surface area contributed by atoms with Crippen LogP contribution in [0.25, 0.3) is 10.2 Å². The molecule has 0 saturated heterocycles. The molecule has 2 heterocycles. The average Bonchev–Trinajstić information content (AvgIpc) is 3.43. The molecule has 4 aromatic rings. The number of thiazole rings is 1. The molecule has 0 fully saturated rings. The number of aromatic nitrogens is 1. The lowest BCUT2D eigenvalue weighted by Crippen LogP contribution is -2.25. The van der Waals surface area contributed by atoms with Gasteiger partial charge in [-0.05, 0) is 47.8 Å². The van der Waals surface area contributed by atoms with Crippen molar-refractivity contribution in [1.82, 2.24) is 4.98 Å². The maximum absolute atomic E-state index is 13.3. The Morgan fingerprint density at radius 1 is 1.07 bits per heavy atom. The van der Waals surface area contributed by atoms with Crippen LogP contribution in [0.1, 0.15) is 15.2 Å². The van der Waals surface area contributed by atoms with Crippen molar-refractivity contribution in [2.75, 3.05) is 19.2 Å². The number of benzene rings is 2. The molecule has 1 amide bonds. The highest BCUT2D eigenvalue weighted by Crippen LogP contribution is 2.32. The zero-order valence-electron chi connectivity index (χ0n) is 15.7. The van der Waals surface area contributed by atoms with Crippen molar-refractivity contribution in [2.24, 2.45) is 5.10 Å². The zero-order valence-corrected chi connectivity index (χ0v) is 17.4. The van der Waals surface area contributed by atoms with Crippen LogP contribution in [0, 0.1) is 0 Å². The molecule has 0 unspecified atom stereocenters. The summed E-state index contributed by atoms with van der Waals surface area (Å²) in [7, 11) is 3.18. The predicted octanol–water partition coefficient (Wildman–Crippen LogP) is 5.06. The lowest BCUT2D eigenvalue weighted by molar-refractivity contribution is 0.0987. The number of carbonyl (C=O) groups is 1. The second-order valence-electron chi connectivity index (χ2n) is 5.94. The molecule has 6 nitrogen and oxygen atoms in total. The van der Waals surface area contributed by atoms with E-state index in [2.05, 4.69) is 10.1 Å². The van der Waals surface area contributed by atoms with Crippen molar-refractivity contribution in [1.29, 1.82) is 0 Å². The third-order valence-electron chi connectivity index (χ3n) is 4.12. The average molecular weight is 424 g/mol. The summed E-state index contributed by atoms with van der Waals surface area (Å²) in [6.07, 6.45) is 1.66. The van der Waals surface area contributed by atoms with Crippen LogP contribution >= 0.6 is 22.7 Å². The molecule has 146 valence electrons. The Kier molecular flexibility index (Phi) is 5.55. The van der Waals surface area contributed by atoms with Gasteiger partial charge < -0.3 is 9.47 Å². The first-order chi connectivity index (χ1) is 14.2. The van der Waals surface area contributed by atoms with E-state index in [4.69, 9.17) is 9.47 Å². The fourth-order valence-corrected chi connectivity index (χ4v) is 4.19. The number of thiophene rings is 1. The summed E-state index contributed by atoms with van der Waals surface area (Å²) < 4.78 is 11.4. The van der Waals surface area contributed by atoms with E-state index in [1.807, 2.05) is 35.7 Å². The Labute approximate surface area is 175 Å². The number of hydrogen-bond acceptors (Lipinski definition) is 7. The number of hydrogen-bond donors (Lipinski definition) is 0. The molecular weight excluding hydrogens is 406 g/mol. The molecule has 0 aliphatic heterocycles. The highest BCUT2D eigenvalue weighted by Gasteiger charge is 2.21. The SMILES string of the molecule is COc1cccc(C(=O)N(/N=C/c2cccs2)c2nc3ccc(OC)cc3s2)c1. The molecule has 2 aromatic carbocycles. The summed E-state index contributed by atoms with van der Waals surface area (Å²) in [5.74, 6) is 1.05. The van der Waals surface area contributed by atoms with Crippen LogP contribution in [0.2, 0.25) is 0 Å². The van der Waals surface area contributed by atoms with E-state index in [1.54, 1.807) is 56.0 Å². The van der Waals surface area contributed by atoms with Crippen LogP contribution in [0.5, 0.6) is 11.5 Å². The van der Waals surface area contributed by atoms with Crippen molar-refractivity contribution in [2.45, 2.75) is 0 Å². The largest absolute Gasteiger partial charge is 0.497 e. The van der Waals surface area contributed by atoms with Gasteiger partial charge in [0.1, 0.15) is 11.5 Å². The summed E-state index contributed by atoms with van der Waals surface area (Å²) in [5.41, 5.74) is 1.24. The Morgan fingerprint density at radius 2 is 1.90 bits per heavy atom. The Bertz CT molecular complexity index is 1170. The highest BCUT2D eigenvalue weighted by molar-refractivity contribution is 7.22. The maximum Gasteiger partial charge on any atom is 0.280 e. The molecule has 8 heteroatoms. The second-order valence-corrected chi connectivity index (χ2v) is 7.93. The van der Waals surface area contributed by atoms with Crippen molar-refractivity contribution in [3.8, 4) is 11.5 Å². The zero-order chi connectivity index (χ0) is 20.2. The van der Waals surface area contributed by atoms with Gasteiger partial charge in [0.15, 0.2) is 0 Å². The fourth-order valence-electron chi connectivity index (χ4n) is 2.66. The molecule has 0 aliphatic carbocycles. The number of anilines is 1. The lowest BCUT2D eigenvalue weighted by atomic mass is 10.2. The van der Waals surface area contributed by atoms with Crippen molar-refractivity contribution >= 4 is 50.1 Å². The molecule has 2 aromatic heterocycles. The van der Waals surface area contributed by atoms with Crippen LogP contribution in [-0.2, 0) is 0 Å². The molecule has 0 spiro atoms. The minimum atomic E-state index is -0.289. The minimum Gasteiger partial charge on any atom is -0.497 e. The number of amides is 1. The number of carbonyl (C=O) groups excluding carboxylic acids is 1. The predicted molar refractivity (Wildman–Crippen MR) is 118 cm³/mol. The van der Waals surface area contributed by atoms with Crippen LogP contribution in [0.4, 0.5) is 5.13 Å². The lowest BCUT2D eigenvalue weighted by Gasteiger charge is -2.14. The number of rotatable bonds is 6. The summed E-state index contributed by atoms with van der Waals surface area (Å²) >= 11 is 2.92. The van der Waals surface area contributed by atoms with Crippen molar-refractivity contribution < 1.29 is 14.3 Å². The van der Waals surface area contributed by atoms with Crippen molar-refractivity contribution in [3.63, 3.8) is 0 Å². The van der Waals surface area contributed by atoms with Gasteiger partial charge in [0, 0.05) is 10.4 Å². The van der Waals surface area contributed by atoms with Gasteiger partial charge in [-0.1, -0.05) is 23.5 Å². The van der Waals surface area contributed by atoms with E-state index in [0.717, 1.165) is 20.8 Å². The van der Waals surface area contributed by atoms with Gasteiger partial charge in [0.25, 0.3) is 5.91 Å². The van der Waals surface area contributed by atoms with Crippen LogP contribution < -0.4 is 14.5 Å².